The molecule has 2 fully saturated rings. The number of carbonyl (C=O) groups is 2. The minimum absolute atomic E-state index is 0.0303. The van der Waals surface area contributed by atoms with Crippen molar-refractivity contribution in [2.24, 2.45) is 0 Å². The number of hydrogen-bond donors (Lipinski definition) is 2. The van der Waals surface area contributed by atoms with Crippen molar-refractivity contribution in [3.8, 4) is 0 Å². The molecule has 0 radical (unpaired) electrons. The van der Waals surface area contributed by atoms with Gasteiger partial charge < -0.3 is 10.2 Å². The number of benzene rings is 2. The fourth-order valence-electron chi connectivity index (χ4n) is 3.53. The van der Waals surface area contributed by atoms with Gasteiger partial charge in [-0.25, -0.2) is 13.1 Å². The van der Waals surface area contributed by atoms with Crippen molar-refractivity contribution in [2.45, 2.75) is 42.7 Å². The number of sulfonamides is 1. The van der Waals surface area contributed by atoms with Crippen LogP contribution in [0.15, 0.2) is 59.5 Å². The first-order valence-electron chi connectivity index (χ1n) is 10.2. The third kappa shape index (κ3) is 4.88. The highest BCUT2D eigenvalue weighted by Crippen LogP contribution is 2.22. The molecule has 2 aliphatic rings. The lowest BCUT2D eigenvalue weighted by Crippen LogP contribution is -2.46. The quantitative estimate of drug-likeness (QED) is 0.739. The van der Waals surface area contributed by atoms with Crippen molar-refractivity contribution in [2.75, 3.05) is 13.1 Å². The highest BCUT2D eigenvalue weighted by molar-refractivity contribution is 7.89. The molecule has 8 heteroatoms. The van der Waals surface area contributed by atoms with Gasteiger partial charge in [0.25, 0.3) is 11.8 Å². The number of nitrogens with one attached hydrogen (secondary N) is 2. The van der Waals surface area contributed by atoms with Crippen molar-refractivity contribution in [1.29, 1.82) is 0 Å². The molecular formula is C22H25N3O4S. The van der Waals surface area contributed by atoms with E-state index in [4.69, 9.17) is 0 Å². The largest absolute Gasteiger partial charge is 0.349 e. The SMILES string of the molecule is O=C(NC1CCN(C(=O)c2ccc(S(=O)(=O)NC3CC3)cc2)CC1)c1ccccc1. The molecule has 1 heterocycles. The molecule has 0 unspecified atom stereocenters. The monoisotopic (exact) mass is 427 g/mol. The maximum Gasteiger partial charge on any atom is 0.253 e. The molecule has 30 heavy (non-hydrogen) atoms. The maximum atomic E-state index is 12.8. The summed E-state index contributed by atoms with van der Waals surface area (Å²) in [4.78, 5) is 27.0. The van der Waals surface area contributed by atoms with E-state index in [1.807, 2.05) is 18.2 Å². The van der Waals surface area contributed by atoms with Crippen LogP contribution in [0.2, 0.25) is 0 Å². The third-order valence-corrected chi connectivity index (χ3v) is 7.00. The van der Waals surface area contributed by atoms with Gasteiger partial charge in [-0.2, -0.15) is 0 Å². The van der Waals surface area contributed by atoms with Crippen molar-refractivity contribution >= 4 is 21.8 Å². The van der Waals surface area contributed by atoms with Crippen LogP contribution >= 0.6 is 0 Å². The molecule has 1 aliphatic heterocycles. The molecule has 1 saturated carbocycles. The van der Waals surface area contributed by atoms with Crippen LogP contribution in [-0.2, 0) is 10.0 Å². The fourth-order valence-corrected chi connectivity index (χ4v) is 4.84. The minimum atomic E-state index is -3.52. The Kier molecular flexibility index (Phi) is 5.87. The lowest BCUT2D eigenvalue weighted by Gasteiger charge is -2.32. The predicted molar refractivity (Wildman–Crippen MR) is 113 cm³/mol. The highest BCUT2D eigenvalue weighted by Gasteiger charge is 2.28. The van der Waals surface area contributed by atoms with Gasteiger partial charge in [-0.3, -0.25) is 9.59 Å². The van der Waals surface area contributed by atoms with Crippen molar-refractivity contribution in [3.05, 3.63) is 65.7 Å². The van der Waals surface area contributed by atoms with E-state index in [0.29, 0.717) is 37.1 Å². The molecule has 1 aliphatic carbocycles. The lowest BCUT2D eigenvalue weighted by molar-refractivity contribution is 0.0698. The summed E-state index contributed by atoms with van der Waals surface area (Å²) in [6.07, 6.45) is 3.11. The smallest absolute Gasteiger partial charge is 0.253 e. The van der Waals surface area contributed by atoms with Gasteiger partial charge in [0.1, 0.15) is 0 Å². The Labute approximate surface area is 176 Å². The van der Waals surface area contributed by atoms with Crippen LogP contribution in [-0.4, -0.2) is 50.3 Å². The number of nitrogens with zero attached hydrogens (tertiary/aromatic N) is 1. The van der Waals surface area contributed by atoms with E-state index in [0.717, 1.165) is 12.8 Å². The van der Waals surface area contributed by atoms with Crippen molar-refractivity contribution < 1.29 is 18.0 Å². The lowest BCUT2D eigenvalue weighted by atomic mass is 10.0. The molecule has 0 bridgehead atoms. The first kappa shape index (κ1) is 20.6. The zero-order chi connectivity index (χ0) is 21.1. The Morgan fingerprint density at radius 3 is 2.03 bits per heavy atom. The Morgan fingerprint density at radius 1 is 0.800 bits per heavy atom. The van der Waals surface area contributed by atoms with Crippen LogP contribution in [0.4, 0.5) is 0 Å². The van der Waals surface area contributed by atoms with Crippen LogP contribution in [0, 0.1) is 0 Å². The average Bonchev–Trinajstić information content (AvgIpc) is 3.58. The second-order valence-corrected chi connectivity index (χ2v) is 9.54. The molecule has 0 atom stereocenters. The summed E-state index contributed by atoms with van der Waals surface area (Å²) in [5.41, 5.74) is 1.09. The summed E-state index contributed by atoms with van der Waals surface area (Å²) in [7, 11) is -3.52. The van der Waals surface area contributed by atoms with Crippen LogP contribution in [0.3, 0.4) is 0 Å². The van der Waals surface area contributed by atoms with E-state index >= 15 is 0 Å². The van der Waals surface area contributed by atoms with Gasteiger partial charge in [0.2, 0.25) is 10.0 Å². The fraction of sp³-hybridized carbons (Fsp3) is 0.364. The summed E-state index contributed by atoms with van der Waals surface area (Å²) in [5.74, 6) is -0.223. The Balaban J connectivity index is 1.31. The molecular weight excluding hydrogens is 402 g/mol. The molecule has 2 N–H and O–H groups in total. The van der Waals surface area contributed by atoms with Gasteiger partial charge in [0.05, 0.1) is 4.90 Å². The van der Waals surface area contributed by atoms with Gasteiger partial charge >= 0.3 is 0 Å². The van der Waals surface area contributed by atoms with Gasteiger partial charge in [-0.1, -0.05) is 18.2 Å². The first-order valence-corrected chi connectivity index (χ1v) is 11.7. The zero-order valence-corrected chi connectivity index (χ0v) is 17.4. The molecule has 1 saturated heterocycles. The third-order valence-electron chi connectivity index (χ3n) is 5.46. The van der Waals surface area contributed by atoms with E-state index in [9.17, 15) is 18.0 Å². The second kappa shape index (κ2) is 8.57. The van der Waals surface area contributed by atoms with E-state index < -0.39 is 10.0 Å². The molecule has 4 rings (SSSR count). The van der Waals surface area contributed by atoms with Gasteiger partial charge in [-0.05, 0) is 62.1 Å². The normalized spacial score (nSPS) is 17.5. The van der Waals surface area contributed by atoms with Gasteiger partial charge in [0, 0.05) is 36.3 Å². The summed E-state index contributed by atoms with van der Waals surface area (Å²) < 4.78 is 27.1. The predicted octanol–water partition coefficient (Wildman–Crippen LogP) is 2.16. The number of hydrogen-bond acceptors (Lipinski definition) is 4. The minimum Gasteiger partial charge on any atom is -0.349 e. The Hall–Kier alpha value is -2.71. The topological polar surface area (TPSA) is 95.6 Å². The summed E-state index contributed by atoms with van der Waals surface area (Å²) in [6.45, 7) is 1.09. The maximum absolute atomic E-state index is 12.8. The van der Waals surface area contributed by atoms with Crippen molar-refractivity contribution in [3.63, 3.8) is 0 Å². The van der Waals surface area contributed by atoms with Gasteiger partial charge in [-0.15, -0.1) is 0 Å². The van der Waals surface area contributed by atoms with Crippen molar-refractivity contribution in [1.82, 2.24) is 14.9 Å². The Morgan fingerprint density at radius 2 is 1.43 bits per heavy atom. The van der Waals surface area contributed by atoms with E-state index in [1.165, 1.54) is 12.1 Å². The van der Waals surface area contributed by atoms with Crippen LogP contribution in [0.5, 0.6) is 0 Å². The second-order valence-electron chi connectivity index (χ2n) is 7.83. The summed E-state index contributed by atoms with van der Waals surface area (Å²) in [6, 6.07) is 15.2. The number of likely N-dealkylation sites (tertiary alicyclic amines) is 1. The molecule has 0 spiro atoms. The van der Waals surface area contributed by atoms with Crippen LogP contribution in [0.25, 0.3) is 0 Å². The molecule has 2 aromatic rings. The van der Waals surface area contributed by atoms with Crippen LogP contribution in [0.1, 0.15) is 46.4 Å². The summed E-state index contributed by atoms with van der Waals surface area (Å²) in [5, 5.41) is 3.03. The number of carbonyl (C=O) groups excluding carboxylic acids is 2. The van der Waals surface area contributed by atoms with Crippen LogP contribution < -0.4 is 10.0 Å². The molecule has 2 aromatic carbocycles. The molecule has 7 nitrogen and oxygen atoms in total. The zero-order valence-electron chi connectivity index (χ0n) is 16.6. The molecule has 0 aromatic heterocycles. The summed E-state index contributed by atoms with van der Waals surface area (Å²) >= 11 is 0. The highest BCUT2D eigenvalue weighted by atomic mass is 32.2. The first-order chi connectivity index (χ1) is 14.4. The van der Waals surface area contributed by atoms with Gasteiger partial charge in [0.15, 0.2) is 0 Å². The van der Waals surface area contributed by atoms with E-state index in [-0.39, 0.29) is 28.8 Å². The molecule has 2 amide bonds. The number of piperidine rings is 1. The standard InChI is InChI=1S/C22H25N3O4S/c26-21(16-4-2-1-3-5-16)23-18-12-14-25(15-13-18)22(27)17-6-10-20(11-7-17)30(28,29)24-19-8-9-19/h1-7,10-11,18-19,24H,8-9,12-15H2,(H,23,26). The van der Waals surface area contributed by atoms with E-state index in [1.54, 1.807) is 29.2 Å². The number of rotatable bonds is 6. The number of amides is 2. The van der Waals surface area contributed by atoms with E-state index in [2.05, 4.69) is 10.0 Å². The molecule has 158 valence electrons. The average molecular weight is 428 g/mol. The Bertz CT molecular complexity index is 1010.